The van der Waals surface area contributed by atoms with Gasteiger partial charge in [-0.05, 0) is 24.6 Å². The summed E-state index contributed by atoms with van der Waals surface area (Å²) in [4.78, 5) is 4.22. The fourth-order valence-electron chi connectivity index (χ4n) is 1.35. The first-order chi connectivity index (χ1) is 7.65. The standard InChI is InChI=1S/C11H12BrN3O/c1-7(13)11-14-10(16-15-11)6-8-3-2-4-9(12)5-8/h2-5,7H,6,13H2,1H3. The Balaban J connectivity index is 2.14. The number of nitrogens with two attached hydrogens (primary N) is 1. The molecule has 1 aromatic heterocycles. The molecule has 1 unspecified atom stereocenters. The fourth-order valence-corrected chi connectivity index (χ4v) is 1.79. The molecular weight excluding hydrogens is 270 g/mol. The second-order valence-corrected chi connectivity index (χ2v) is 4.56. The van der Waals surface area contributed by atoms with Crippen LogP contribution in [-0.2, 0) is 6.42 Å². The predicted molar refractivity (Wildman–Crippen MR) is 63.8 cm³/mol. The molecule has 4 nitrogen and oxygen atoms in total. The van der Waals surface area contributed by atoms with E-state index in [-0.39, 0.29) is 6.04 Å². The maximum Gasteiger partial charge on any atom is 0.231 e. The maximum absolute atomic E-state index is 5.65. The van der Waals surface area contributed by atoms with Crippen molar-refractivity contribution in [2.45, 2.75) is 19.4 Å². The van der Waals surface area contributed by atoms with E-state index in [2.05, 4.69) is 26.1 Å². The molecule has 0 bridgehead atoms. The van der Waals surface area contributed by atoms with E-state index in [0.717, 1.165) is 10.0 Å². The third-order valence-electron chi connectivity index (χ3n) is 2.14. The molecule has 0 amide bonds. The lowest BCUT2D eigenvalue weighted by atomic mass is 10.1. The van der Waals surface area contributed by atoms with Crippen LogP contribution in [0.25, 0.3) is 0 Å². The van der Waals surface area contributed by atoms with Gasteiger partial charge in [-0.1, -0.05) is 33.2 Å². The van der Waals surface area contributed by atoms with Crippen molar-refractivity contribution < 1.29 is 4.52 Å². The monoisotopic (exact) mass is 281 g/mol. The normalized spacial score (nSPS) is 12.7. The summed E-state index contributed by atoms with van der Waals surface area (Å²) in [5, 5.41) is 3.81. The molecule has 1 aromatic carbocycles. The summed E-state index contributed by atoms with van der Waals surface area (Å²) in [5.74, 6) is 1.13. The van der Waals surface area contributed by atoms with Gasteiger partial charge in [-0.2, -0.15) is 4.98 Å². The average Bonchev–Trinajstić information content (AvgIpc) is 2.66. The molecular formula is C11H12BrN3O. The lowest BCUT2D eigenvalue weighted by Gasteiger charge is -1.97. The molecule has 84 valence electrons. The van der Waals surface area contributed by atoms with E-state index in [0.29, 0.717) is 18.1 Å². The van der Waals surface area contributed by atoms with E-state index in [1.165, 1.54) is 0 Å². The van der Waals surface area contributed by atoms with Crippen molar-refractivity contribution >= 4 is 15.9 Å². The quantitative estimate of drug-likeness (QED) is 0.939. The summed E-state index contributed by atoms with van der Waals surface area (Å²) < 4.78 is 6.15. The van der Waals surface area contributed by atoms with E-state index < -0.39 is 0 Å². The molecule has 0 radical (unpaired) electrons. The number of benzene rings is 1. The summed E-state index contributed by atoms with van der Waals surface area (Å²) in [7, 11) is 0. The minimum atomic E-state index is -0.194. The summed E-state index contributed by atoms with van der Waals surface area (Å²) in [6.45, 7) is 1.83. The van der Waals surface area contributed by atoms with Crippen LogP contribution in [0, 0.1) is 0 Å². The molecule has 0 spiro atoms. The Bertz CT molecular complexity index is 482. The zero-order chi connectivity index (χ0) is 11.5. The number of rotatable bonds is 3. The summed E-state index contributed by atoms with van der Waals surface area (Å²) in [6.07, 6.45) is 0.624. The van der Waals surface area contributed by atoms with E-state index in [9.17, 15) is 0 Å². The first-order valence-electron chi connectivity index (χ1n) is 4.97. The summed E-state index contributed by atoms with van der Waals surface area (Å²) in [6, 6.07) is 7.79. The van der Waals surface area contributed by atoms with Gasteiger partial charge in [0, 0.05) is 4.47 Å². The third-order valence-corrected chi connectivity index (χ3v) is 2.63. The molecule has 0 aliphatic carbocycles. The van der Waals surface area contributed by atoms with Crippen LogP contribution in [0.3, 0.4) is 0 Å². The molecule has 1 atom stereocenters. The van der Waals surface area contributed by atoms with E-state index in [4.69, 9.17) is 10.3 Å². The zero-order valence-corrected chi connectivity index (χ0v) is 10.4. The molecule has 0 saturated heterocycles. The topological polar surface area (TPSA) is 64.9 Å². The number of hydrogen-bond donors (Lipinski definition) is 1. The lowest BCUT2D eigenvalue weighted by Crippen LogP contribution is -2.06. The predicted octanol–water partition coefficient (Wildman–Crippen LogP) is 2.44. The summed E-state index contributed by atoms with van der Waals surface area (Å²) >= 11 is 3.42. The van der Waals surface area contributed by atoms with Gasteiger partial charge < -0.3 is 10.3 Å². The molecule has 2 aromatic rings. The van der Waals surface area contributed by atoms with Crippen molar-refractivity contribution in [1.82, 2.24) is 10.1 Å². The fraction of sp³-hybridized carbons (Fsp3) is 0.273. The van der Waals surface area contributed by atoms with Gasteiger partial charge >= 0.3 is 0 Å². The van der Waals surface area contributed by atoms with Gasteiger partial charge in [0.2, 0.25) is 5.89 Å². The molecule has 1 heterocycles. The third kappa shape index (κ3) is 2.68. The Kier molecular flexibility index (Phi) is 3.36. The highest BCUT2D eigenvalue weighted by Crippen LogP contribution is 2.15. The van der Waals surface area contributed by atoms with Gasteiger partial charge in [-0.15, -0.1) is 0 Å². The van der Waals surface area contributed by atoms with Crippen molar-refractivity contribution in [3.05, 3.63) is 46.0 Å². The highest BCUT2D eigenvalue weighted by atomic mass is 79.9. The Morgan fingerprint density at radius 2 is 2.31 bits per heavy atom. The SMILES string of the molecule is CC(N)c1noc(Cc2cccc(Br)c2)n1. The highest BCUT2D eigenvalue weighted by molar-refractivity contribution is 9.10. The molecule has 16 heavy (non-hydrogen) atoms. The number of hydrogen-bond acceptors (Lipinski definition) is 4. The van der Waals surface area contributed by atoms with Crippen molar-refractivity contribution in [3.63, 3.8) is 0 Å². The highest BCUT2D eigenvalue weighted by Gasteiger charge is 2.10. The minimum Gasteiger partial charge on any atom is -0.339 e. The maximum atomic E-state index is 5.65. The first kappa shape index (κ1) is 11.3. The van der Waals surface area contributed by atoms with E-state index >= 15 is 0 Å². The smallest absolute Gasteiger partial charge is 0.231 e. The first-order valence-corrected chi connectivity index (χ1v) is 5.77. The van der Waals surface area contributed by atoms with Gasteiger partial charge in [0.15, 0.2) is 5.82 Å². The van der Waals surface area contributed by atoms with E-state index in [1.807, 2.05) is 31.2 Å². The van der Waals surface area contributed by atoms with Crippen molar-refractivity contribution in [2.24, 2.45) is 5.73 Å². The van der Waals surface area contributed by atoms with Gasteiger partial charge in [-0.25, -0.2) is 0 Å². The average molecular weight is 282 g/mol. The minimum absolute atomic E-state index is 0.194. The second kappa shape index (κ2) is 4.76. The van der Waals surface area contributed by atoms with Gasteiger partial charge in [-0.3, -0.25) is 0 Å². The van der Waals surface area contributed by atoms with Crippen LogP contribution in [0.15, 0.2) is 33.3 Å². The van der Waals surface area contributed by atoms with Crippen LogP contribution in [0.2, 0.25) is 0 Å². The van der Waals surface area contributed by atoms with Crippen molar-refractivity contribution in [1.29, 1.82) is 0 Å². The Hall–Kier alpha value is -1.20. The Labute approximate surface area is 102 Å². The zero-order valence-electron chi connectivity index (χ0n) is 8.85. The van der Waals surface area contributed by atoms with Crippen LogP contribution >= 0.6 is 15.9 Å². The number of halogens is 1. The van der Waals surface area contributed by atoms with Gasteiger partial charge in [0.25, 0.3) is 0 Å². The van der Waals surface area contributed by atoms with Crippen LogP contribution < -0.4 is 5.73 Å². The number of nitrogens with zero attached hydrogens (tertiary/aromatic N) is 2. The molecule has 0 fully saturated rings. The Morgan fingerprint density at radius 3 is 2.94 bits per heavy atom. The Morgan fingerprint density at radius 1 is 1.50 bits per heavy atom. The van der Waals surface area contributed by atoms with Gasteiger partial charge in [0.05, 0.1) is 12.5 Å². The lowest BCUT2D eigenvalue weighted by molar-refractivity contribution is 0.377. The molecule has 0 saturated carbocycles. The van der Waals surface area contributed by atoms with Crippen LogP contribution in [0.1, 0.15) is 30.2 Å². The van der Waals surface area contributed by atoms with Crippen molar-refractivity contribution in [3.8, 4) is 0 Å². The van der Waals surface area contributed by atoms with Crippen LogP contribution in [0.5, 0.6) is 0 Å². The van der Waals surface area contributed by atoms with Crippen molar-refractivity contribution in [2.75, 3.05) is 0 Å². The molecule has 0 aliphatic heterocycles. The van der Waals surface area contributed by atoms with Crippen LogP contribution in [0.4, 0.5) is 0 Å². The molecule has 0 aliphatic rings. The largest absolute Gasteiger partial charge is 0.339 e. The molecule has 2 rings (SSSR count). The van der Waals surface area contributed by atoms with Gasteiger partial charge in [0.1, 0.15) is 0 Å². The van der Waals surface area contributed by atoms with Crippen LogP contribution in [-0.4, -0.2) is 10.1 Å². The molecule has 5 heteroatoms. The number of aromatic nitrogens is 2. The molecule has 2 N–H and O–H groups in total. The second-order valence-electron chi connectivity index (χ2n) is 3.64. The van der Waals surface area contributed by atoms with E-state index in [1.54, 1.807) is 0 Å². The summed E-state index contributed by atoms with van der Waals surface area (Å²) in [5.41, 5.74) is 6.77.